The Morgan fingerprint density at radius 1 is 1.22 bits per heavy atom. The molecule has 32 heavy (non-hydrogen) atoms. The largest absolute Gasteiger partial charge is 0.360 e. The Bertz CT molecular complexity index is 958. The van der Waals surface area contributed by atoms with Crippen LogP contribution in [-0.4, -0.2) is 36.1 Å². The van der Waals surface area contributed by atoms with Crippen molar-refractivity contribution in [2.45, 2.75) is 38.9 Å². The Morgan fingerprint density at radius 3 is 2.91 bits per heavy atom. The predicted molar refractivity (Wildman–Crippen MR) is 127 cm³/mol. The van der Waals surface area contributed by atoms with Crippen LogP contribution in [0.4, 0.5) is 0 Å². The van der Waals surface area contributed by atoms with Gasteiger partial charge in [0.2, 0.25) is 5.91 Å². The van der Waals surface area contributed by atoms with Gasteiger partial charge in [0.05, 0.1) is 18.8 Å². The maximum atomic E-state index is 12.5. The highest BCUT2D eigenvalue weighted by Gasteiger charge is 2.28. The Morgan fingerprint density at radius 2 is 2.09 bits per heavy atom. The van der Waals surface area contributed by atoms with Crippen LogP contribution in [-0.2, 0) is 30.8 Å². The molecule has 4 rings (SSSR count). The minimum absolute atomic E-state index is 0.138. The first-order valence-corrected chi connectivity index (χ1v) is 12.2. The van der Waals surface area contributed by atoms with Gasteiger partial charge in [0.15, 0.2) is 5.76 Å². The van der Waals surface area contributed by atoms with Crippen molar-refractivity contribution < 1.29 is 9.32 Å². The van der Waals surface area contributed by atoms with Gasteiger partial charge >= 0.3 is 0 Å². The average molecular weight is 453 g/mol. The summed E-state index contributed by atoms with van der Waals surface area (Å²) in [5, 5.41) is 12.9. The lowest BCUT2D eigenvalue weighted by molar-refractivity contribution is -0.122. The lowest BCUT2D eigenvalue weighted by Gasteiger charge is -2.31. The molecule has 1 aromatic carbocycles. The first-order valence-electron chi connectivity index (χ1n) is 11.3. The fraction of sp³-hybridized carbons (Fsp3) is 0.440. The molecule has 6 nitrogen and oxygen atoms in total. The van der Waals surface area contributed by atoms with Gasteiger partial charge in [0, 0.05) is 23.9 Å². The van der Waals surface area contributed by atoms with E-state index in [2.05, 4.69) is 64.1 Å². The van der Waals surface area contributed by atoms with Gasteiger partial charge in [0.25, 0.3) is 0 Å². The Labute approximate surface area is 194 Å². The van der Waals surface area contributed by atoms with Crippen molar-refractivity contribution in [1.82, 2.24) is 20.7 Å². The number of aromatic nitrogens is 1. The Balaban J connectivity index is 1.27. The molecule has 7 heteroatoms. The molecule has 0 aliphatic carbocycles. The second-order valence-electron chi connectivity index (χ2n) is 8.72. The summed E-state index contributed by atoms with van der Waals surface area (Å²) in [6.45, 7) is 4.09. The summed E-state index contributed by atoms with van der Waals surface area (Å²) in [5.41, 5.74) is 2.26. The number of carbonyl (C=O) groups is 1. The minimum atomic E-state index is 0.138. The number of amides is 1. The van der Waals surface area contributed by atoms with E-state index in [0.29, 0.717) is 24.8 Å². The highest BCUT2D eigenvalue weighted by Crippen LogP contribution is 2.26. The molecule has 1 fully saturated rings. The van der Waals surface area contributed by atoms with Gasteiger partial charge in [-0.1, -0.05) is 41.6 Å². The van der Waals surface area contributed by atoms with E-state index in [1.54, 1.807) is 11.3 Å². The third-order valence-electron chi connectivity index (χ3n) is 6.05. The van der Waals surface area contributed by atoms with Gasteiger partial charge in [-0.2, -0.15) is 0 Å². The third-order valence-corrected chi connectivity index (χ3v) is 6.93. The number of nitrogens with zero attached hydrogens (tertiary/aromatic N) is 2. The molecule has 3 heterocycles. The number of rotatable bonds is 10. The smallest absolute Gasteiger partial charge is 0.220 e. The molecule has 0 bridgehead atoms. The van der Waals surface area contributed by atoms with Crippen LogP contribution < -0.4 is 10.6 Å². The summed E-state index contributed by atoms with van der Waals surface area (Å²) in [6, 6.07) is 16.6. The summed E-state index contributed by atoms with van der Waals surface area (Å²) in [6.07, 6.45) is 2.42. The van der Waals surface area contributed by atoms with Crippen molar-refractivity contribution >= 4 is 17.2 Å². The fourth-order valence-corrected chi connectivity index (χ4v) is 5.05. The summed E-state index contributed by atoms with van der Waals surface area (Å²) in [5.74, 6) is 1.77. The summed E-state index contributed by atoms with van der Waals surface area (Å²) >= 11 is 1.67. The lowest BCUT2D eigenvalue weighted by atomic mass is 9.81. The van der Waals surface area contributed by atoms with Gasteiger partial charge in [-0.25, -0.2) is 0 Å². The van der Waals surface area contributed by atoms with Crippen molar-refractivity contribution in [3.8, 4) is 0 Å². The molecule has 170 valence electrons. The van der Waals surface area contributed by atoms with E-state index in [4.69, 9.17) is 4.52 Å². The van der Waals surface area contributed by atoms with Gasteiger partial charge in [0.1, 0.15) is 0 Å². The highest BCUT2D eigenvalue weighted by atomic mass is 32.1. The van der Waals surface area contributed by atoms with Crippen LogP contribution in [0.5, 0.6) is 0 Å². The maximum Gasteiger partial charge on any atom is 0.220 e. The first-order chi connectivity index (χ1) is 15.7. The molecule has 2 atom stereocenters. The van der Waals surface area contributed by atoms with Crippen LogP contribution in [0.1, 0.15) is 34.7 Å². The topological polar surface area (TPSA) is 70.4 Å². The van der Waals surface area contributed by atoms with Crippen molar-refractivity contribution in [3.05, 3.63) is 75.8 Å². The number of thiophene rings is 1. The summed E-state index contributed by atoms with van der Waals surface area (Å²) in [7, 11) is 2.09. The zero-order valence-corrected chi connectivity index (χ0v) is 19.4. The molecule has 0 spiro atoms. The average Bonchev–Trinajstić information content (AvgIpc) is 3.46. The molecule has 2 aromatic heterocycles. The number of carbonyl (C=O) groups excluding carboxylic acids is 1. The molecular weight excluding hydrogens is 420 g/mol. The highest BCUT2D eigenvalue weighted by molar-refractivity contribution is 7.09. The Hall–Kier alpha value is -2.48. The molecule has 0 saturated carbocycles. The molecule has 1 aliphatic rings. The SMILES string of the molecule is CN(Cc1ccccc1)Cc1cc(CC2CNCCC2CC(=O)NCc2cccs2)no1. The molecular formula is C25H32N4O2S. The minimum Gasteiger partial charge on any atom is -0.360 e. The second-order valence-corrected chi connectivity index (χ2v) is 9.75. The maximum absolute atomic E-state index is 12.5. The fourth-order valence-electron chi connectivity index (χ4n) is 4.41. The van der Waals surface area contributed by atoms with E-state index in [1.165, 1.54) is 10.4 Å². The van der Waals surface area contributed by atoms with Gasteiger partial charge in [-0.15, -0.1) is 11.3 Å². The molecule has 1 saturated heterocycles. The van der Waals surface area contributed by atoms with Crippen LogP contribution in [0.25, 0.3) is 0 Å². The van der Waals surface area contributed by atoms with E-state index in [9.17, 15) is 4.79 Å². The standard InChI is InChI=1S/C25H32N4O2S/c1-29(17-19-6-3-2-4-7-19)18-23-14-22(28-31-23)12-21-15-26-10-9-20(21)13-25(30)27-16-24-8-5-11-32-24/h2-8,11,14,20-21,26H,9-10,12-13,15-18H2,1H3,(H,27,30). The van der Waals surface area contributed by atoms with Crippen molar-refractivity contribution in [3.63, 3.8) is 0 Å². The summed E-state index contributed by atoms with van der Waals surface area (Å²) < 4.78 is 5.62. The number of piperidine rings is 1. The first kappa shape index (κ1) is 22.7. The van der Waals surface area contributed by atoms with Crippen LogP contribution in [0, 0.1) is 11.8 Å². The van der Waals surface area contributed by atoms with Gasteiger partial charge in [-0.05, 0) is 61.8 Å². The number of hydrogen-bond donors (Lipinski definition) is 2. The van der Waals surface area contributed by atoms with Crippen molar-refractivity contribution in [2.24, 2.45) is 11.8 Å². The monoisotopic (exact) mass is 452 g/mol. The van der Waals surface area contributed by atoms with E-state index < -0.39 is 0 Å². The van der Waals surface area contributed by atoms with Crippen molar-refractivity contribution in [1.29, 1.82) is 0 Å². The third kappa shape index (κ3) is 6.76. The number of benzene rings is 1. The summed E-state index contributed by atoms with van der Waals surface area (Å²) in [4.78, 5) is 15.9. The quantitative estimate of drug-likeness (QED) is 0.489. The lowest BCUT2D eigenvalue weighted by Crippen LogP contribution is -2.40. The van der Waals surface area contributed by atoms with E-state index in [1.807, 2.05) is 17.5 Å². The Kier molecular flexibility index (Phi) is 8.09. The molecule has 2 N–H and O–H groups in total. The van der Waals surface area contributed by atoms with Crippen molar-refractivity contribution in [2.75, 3.05) is 20.1 Å². The van der Waals surface area contributed by atoms with E-state index in [-0.39, 0.29) is 5.91 Å². The van der Waals surface area contributed by atoms with E-state index >= 15 is 0 Å². The number of hydrogen-bond acceptors (Lipinski definition) is 6. The molecule has 1 aliphatic heterocycles. The normalized spacial score (nSPS) is 18.7. The van der Waals surface area contributed by atoms with Crippen LogP contribution in [0.3, 0.4) is 0 Å². The molecule has 1 amide bonds. The number of nitrogens with one attached hydrogen (secondary N) is 2. The van der Waals surface area contributed by atoms with Gasteiger partial charge in [-0.3, -0.25) is 9.69 Å². The zero-order valence-electron chi connectivity index (χ0n) is 18.6. The predicted octanol–water partition coefficient (Wildman–Crippen LogP) is 3.84. The van der Waals surface area contributed by atoms with Gasteiger partial charge < -0.3 is 15.2 Å². The van der Waals surface area contributed by atoms with E-state index in [0.717, 1.165) is 50.5 Å². The van der Waals surface area contributed by atoms with Crippen LogP contribution in [0.15, 0.2) is 58.4 Å². The van der Waals surface area contributed by atoms with Crippen LogP contribution >= 0.6 is 11.3 Å². The molecule has 3 aromatic rings. The second kappa shape index (κ2) is 11.4. The zero-order chi connectivity index (χ0) is 22.2. The molecule has 2 unspecified atom stereocenters. The van der Waals surface area contributed by atoms with Crippen LogP contribution in [0.2, 0.25) is 0 Å². The molecule has 0 radical (unpaired) electrons.